The Kier molecular flexibility index (Phi) is 6.27. The molecule has 0 aliphatic heterocycles. The number of nitrogens with one attached hydrogen (secondary N) is 2. The number of rotatable bonds is 6. The van der Waals surface area contributed by atoms with Crippen LogP contribution in [0.2, 0.25) is 0 Å². The van der Waals surface area contributed by atoms with E-state index in [-0.39, 0.29) is 24.5 Å². The van der Waals surface area contributed by atoms with Crippen molar-refractivity contribution in [3.05, 3.63) is 0 Å². The van der Waals surface area contributed by atoms with Gasteiger partial charge in [-0.25, -0.2) is 4.79 Å². The van der Waals surface area contributed by atoms with Gasteiger partial charge in [0.05, 0.1) is 5.92 Å². The third-order valence-electron chi connectivity index (χ3n) is 3.52. The molecule has 0 saturated heterocycles. The molecule has 3 N–H and O–H groups in total. The van der Waals surface area contributed by atoms with Crippen molar-refractivity contribution in [1.29, 1.82) is 0 Å². The first-order chi connectivity index (χ1) is 9.49. The molecule has 0 radical (unpaired) electrons. The molecule has 0 aromatic heterocycles. The molecule has 0 bridgehead atoms. The highest BCUT2D eigenvalue weighted by Crippen LogP contribution is 2.25. The van der Waals surface area contributed by atoms with E-state index >= 15 is 0 Å². The highest BCUT2D eigenvalue weighted by Gasteiger charge is 2.34. The van der Waals surface area contributed by atoms with Crippen molar-refractivity contribution in [2.45, 2.75) is 39.2 Å². The van der Waals surface area contributed by atoms with Gasteiger partial charge in [0.15, 0.2) is 0 Å². The van der Waals surface area contributed by atoms with Crippen molar-refractivity contribution in [3.8, 4) is 0 Å². The molecule has 1 aliphatic rings. The zero-order valence-electron chi connectivity index (χ0n) is 12.0. The number of urea groups is 1. The largest absolute Gasteiger partial charge is 0.481 e. The summed E-state index contributed by atoms with van der Waals surface area (Å²) in [6.07, 6.45) is 2.05. The highest BCUT2D eigenvalue weighted by molar-refractivity contribution is 5.84. The molecule has 0 aromatic carbocycles. The maximum absolute atomic E-state index is 12.1. The van der Waals surface area contributed by atoms with Gasteiger partial charge in [-0.3, -0.25) is 9.59 Å². The van der Waals surface area contributed by atoms with Crippen molar-refractivity contribution in [1.82, 2.24) is 15.5 Å². The van der Waals surface area contributed by atoms with Crippen LogP contribution in [0, 0.1) is 5.92 Å². The van der Waals surface area contributed by atoms with Gasteiger partial charge in [-0.1, -0.05) is 6.42 Å². The molecule has 2 unspecified atom stereocenters. The average Bonchev–Trinajstić information content (AvgIpc) is 2.84. The Hall–Kier alpha value is -1.79. The smallest absolute Gasteiger partial charge is 0.318 e. The van der Waals surface area contributed by atoms with Gasteiger partial charge in [0.1, 0.15) is 6.54 Å². The molecule has 0 heterocycles. The monoisotopic (exact) mass is 285 g/mol. The first kappa shape index (κ1) is 16.3. The number of carbonyl (C=O) groups is 3. The van der Waals surface area contributed by atoms with Crippen LogP contribution in [0.4, 0.5) is 4.79 Å². The summed E-state index contributed by atoms with van der Waals surface area (Å²) in [5.41, 5.74) is 0. The maximum Gasteiger partial charge on any atom is 0.318 e. The lowest BCUT2D eigenvalue weighted by Crippen LogP contribution is -2.50. The SMILES string of the molecule is CCNC(=O)CN(CC)C(=O)NC1CCCC1C(=O)O. The van der Waals surface area contributed by atoms with Gasteiger partial charge in [-0.2, -0.15) is 0 Å². The summed E-state index contributed by atoms with van der Waals surface area (Å²) in [5, 5.41) is 14.4. The fourth-order valence-corrected chi connectivity index (χ4v) is 2.43. The van der Waals surface area contributed by atoms with E-state index in [1.165, 1.54) is 4.90 Å². The summed E-state index contributed by atoms with van der Waals surface area (Å²) in [7, 11) is 0. The fraction of sp³-hybridized carbons (Fsp3) is 0.769. The lowest BCUT2D eigenvalue weighted by Gasteiger charge is -2.25. The van der Waals surface area contributed by atoms with Crippen molar-refractivity contribution in [3.63, 3.8) is 0 Å². The molecule has 114 valence electrons. The topological polar surface area (TPSA) is 98.7 Å². The average molecular weight is 285 g/mol. The summed E-state index contributed by atoms with van der Waals surface area (Å²) in [5.74, 6) is -1.62. The number of amides is 3. The van der Waals surface area contributed by atoms with Crippen LogP contribution < -0.4 is 10.6 Å². The predicted molar refractivity (Wildman–Crippen MR) is 73.2 cm³/mol. The summed E-state index contributed by atoms with van der Waals surface area (Å²) >= 11 is 0. The van der Waals surface area contributed by atoms with E-state index in [4.69, 9.17) is 5.11 Å². The number of nitrogens with zero attached hydrogens (tertiary/aromatic N) is 1. The third kappa shape index (κ3) is 4.40. The van der Waals surface area contributed by atoms with Gasteiger partial charge >= 0.3 is 12.0 Å². The molecule has 2 atom stereocenters. The van der Waals surface area contributed by atoms with Crippen molar-refractivity contribution >= 4 is 17.9 Å². The highest BCUT2D eigenvalue weighted by atomic mass is 16.4. The Balaban J connectivity index is 2.54. The summed E-state index contributed by atoms with van der Waals surface area (Å²) in [6, 6.07) is -0.722. The number of hydrogen-bond donors (Lipinski definition) is 3. The molecule has 20 heavy (non-hydrogen) atoms. The van der Waals surface area contributed by atoms with Crippen molar-refractivity contribution in [2.24, 2.45) is 5.92 Å². The fourth-order valence-electron chi connectivity index (χ4n) is 2.43. The number of hydrogen-bond acceptors (Lipinski definition) is 3. The predicted octanol–water partition coefficient (Wildman–Crippen LogP) is 0.407. The minimum Gasteiger partial charge on any atom is -0.481 e. The quantitative estimate of drug-likeness (QED) is 0.658. The molecule has 1 saturated carbocycles. The molecule has 7 nitrogen and oxygen atoms in total. The van der Waals surface area contributed by atoms with Crippen LogP contribution in [0.1, 0.15) is 33.1 Å². The number of carboxylic acids is 1. The second-order valence-electron chi connectivity index (χ2n) is 4.90. The van der Waals surface area contributed by atoms with Crippen LogP contribution in [0.25, 0.3) is 0 Å². The molecule has 0 spiro atoms. The Labute approximate surface area is 118 Å². The van der Waals surface area contributed by atoms with E-state index in [1.54, 1.807) is 6.92 Å². The Bertz CT molecular complexity index is 373. The standard InChI is InChI=1S/C13H23N3O4/c1-3-14-11(17)8-16(4-2)13(20)15-10-7-5-6-9(10)12(18)19/h9-10H,3-8H2,1-2H3,(H,14,17)(H,15,20)(H,18,19). The van der Waals surface area contributed by atoms with Crippen LogP contribution in [0.15, 0.2) is 0 Å². The van der Waals surface area contributed by atoms with Crippen LogP contribution in [0.3, 0.4) is 0 Å². The van der Waals surface area contributed by atoms with Crippen LogP contribution in [-0.4, -0.2) is 53.6 Å². The minimum atomic E-state index is -0.875. The Morgan fingerprint density at radius 3 is 2.50 bits per heavy atom. The third-order valence-corrected chi connectivity index (χ3v) is 3.52. The van der Waals surface area contributed by atoms with E-state index in [1.807, 2.05) is 6.92 Å². The number of carbonyl (C=O) groups excluding carboxylic acids is 2. The van der Waals surface area contributed by atoms with E-state index in [2.05, 4.69) is 10.6 Å². The second-order valence-corrected chi connectivity index (χ2v) is 4.90. The number of aliphatic carboxylic acids is 1. The van der Waals surface area contributed by atoms with Gasteiger partial charge in [-0.15, -0.1) is 0 Å². The molecular weight excluding hydrogens is 262 g/mol. The van der Waals surface area contributed by atoms with E-state index in [0.29, 0.717) is 25.9 Å². The molecule has 3 amide bonds. The lowest BCUT2D eigenvalue weighted by molar-refractivity contribution is -0.142. The van der Waals surface area contributed by atoms with Gasteiger partial charge in [0, 0.05) is 19.1 Å². The van der Waals surface area contributed by atoms with Gasteiger partial charge in [0.25, 0.3) is 0 Å². The summed E-state index contributed by atoms with van der Waals surface area (Å²) < 4.78 is 0. The molecule has 1 fully saturated rings. The number of carboxylic acid groups (broad SMARTS) is 1. The van der Waals surface area contributed by atoms with Crippen molar-refractivity contribution < 1.29 is 19.5 Å². The molecule has 7 heteroatoms. The van der Waals surface area contributed by atoms with Crippen LogP contribution >= 0.6 is 0 Å². The van der Waals surface area contributed by atoms with E-state index in [9.17, 15) is 14.4 Å². The Morgan fingerprint density at radius 1 is 1.25 bits per heavy atom. The van der Waals surface area contributed by atoms with Crippen LogP contribution in [0.5, 0.6) is 0 Å². The van der Waals surface area contributed by atoms with Gasteiger partial charge < -0.3 is 20.6 Å². The van der Waals surface area contributed by atoms with Gasteiger partial charge in [-0.05, 0) is 26.7 Å². The Morgan fingerprint density at radius 2 is 1.95 bits per heavy atom. The maximum atomic E-state index is 12.1. The molecular formula is C13H23N3O4. The van der Waals surface area contributed by atoms with Crippen LogP contribution in [-0.2, 0) is 9.59 Å². The zero-order chi connectivity index (χ0) is 15.1. The second kappa shape index (κ2) is 7.72. The van der Waals surface area contributed by atoms with Crippen molar-refractivity contribution in [2.75, 3.05) is 19.6 Å². The molecule has 1 rings (SSSR count). The van der Waals surface area contributed by atoms with Gasteiger partial charge in [0.2, 0.25) is 5.91 Å². The first-order valence-corrected chi connectivity index (χ1v) is 7.04. The summed E-state index contributed by atoms with van der Waals surface area (Å²) in [6.45, 7) is 4.49. The first-order valence-electron chi connectivity index (χ1n) is 7.04. The van der Waals surface area contributed by atoms with E-state index in [0.717, 1.165) is 6.42 Å². The molecule has 0 aromatic rings. The molecule has 1 aliphatic carbocycles. The zero-order valence-corrected chi connectivity index (χ0v) is 12.0. The summed E-state index contributed by atoms with van der Waals surface area (Å²) in [4.78, 5) is 36.0. The minimum absolute atomic E-state index is 0.0133. The van der Waals surface area contributed by atoms with E-state index < -0.39 is 11.9 Å². The normalized spacial score (nSPS) is 21.3. The number of likely N-dealkylation sites (N-methyl/N-ethyl adjacent to an activating group) is 2. The lowest BCUT2D eigenvalue weighted by atomic mass is 10.0.